The fourth-order valence-corrected chi connectivity index (χ4v) is 2.19. The van der Waals surface area contributed by atoms with E-state index in [0.29, 0.717) is 17.9 Å². The van der Waals surface area contributed by atoms with Crippen LogP contribution in [0.4, 0.5) is 4.79 Å². The summed E-state index contributed by atoms with van der Waals surface area (Å²) in [5.41, 5.74) is -0.828. The Hall–Kier alpha value is -1.34. The van der Waals surface area contributed by atoms with Gasteiger partial charge in [-0.1, -0.05) is 26.7 Å². The minimum absolute atomic E-state index is 0.168. The van der Waals surface area contributed by atoms with E-state index >= 15 is 0 Å². The first-order valence-corrected chi connectivity index (χ1v) is 7.81. The second-order valence-electron chi connectivity index (χ2n) is 6.24. The predicted octanol–water partition coefficient (Wildman–Crippen LogP) is 3.09. The van der Waals surface area contributed by atoms with Crippen LogP contribution in [0.25, 0.3) is 0 Å². The van der Waals surface area contributed by atoms with E-state index in [1.807, 2.05) is 6.92 Å². The van der Waals surface area contributed by atoms with Crippen molar-refractivity contribution in [2.24, 2.45) is 11.8 Å². The summed E-state index contributed by atoms with van der Waals surface area (Å²) in [4.78, 5) is 33.0. The van der Waals surface area contributed by atoms with Crippen LogP contribution >= 0.6 is 0 Å². The summed E-state index contributed by atoms with van der Waals surface area (Å²) >= 11 is 0. The topological polar surface area (TPSA) is 102 Å². The lowest BCUT2D eigenvalue weighted by atomic mass is 9.99. The van der Waals surface area contributed by atoms with Crippen molar-refractivity contribution in [3.8, 4) is 0 Å². The summed E-state index contributed by atoms with van der Waals surface area (Å²) in [6, 6.07) is -0.465. The molecule has 130 valence electrons. The fourth-order valence-electron chi connectivity index (χ4n) is 2.19. The van der Waals surface area contributed by atoms with E-state index in [0.717, 1.165) is 19.3 Å². The van der Waals surface area contributed by atoms with Gasteiger partial charge in [0.15, 0.2) is 0 Å². The molecule has 0 aromatic heterocycles. The van der Waals surface area contributed by atoms with Gasteiger partial charge >= 0.3 is 12.1 Å². The molecule has 3 N–H and O–H groups in total. The number of amides is 1. The van der Waals surface area contributed by atoms with E-state index < -0.39 is 17.7 Å². The van der Waals surface area contributed by atoms with Gasteiger partial charge in [-0.15, -0.1) is 0 Å². The third-order valence-electron chi connectivity index (χ3n) is 3.56. The van der Waals surface area contributed by atoms with Crippen molar-refractivity contribution in [3.63, 3.8) is 0 Å². The van der Waals surface area contributed by atoms with Crippen molar-refractivity contribution in [3.05, 3.63) is 0 Å². The number of nitrogens with two attached hydrogens (primary N) is 1. The van der Waals surface area contributed by atoms with E-state index in [1.54, 1.807) is 20.8 Å². The Bertz CT molecular complexity index is 360. The first-order valence-electron chi connectivity index (χ1n) is 7.81. The lowest BCUT2D eigenvalue weighted by Gasteiger charge is -2.30. The van der Waals surface area contributed by atoms with Crippen LogP contribution in [0.3, 0.4) is 0 Å². The van der Waals surface area contributed by atoms with Crippen LogP contribution in [-0.2, 0) is 14.6 Å². The van der Waals surface area contributed by atoms with Crippen LogP contribution in [0.2, 0.25) is 0 Å². The number of carboxylic acid groups (broad SMARTS) is 1. The zero-order valence-corrected chi connectivity index (χ0v) is 14.3. The number of carbonyl (C=O) groups is 2. The summed E-state index contributed by atoms with van der Waals surface area (Å²) in [7, 11) is 0. The van der Waals surface area contributed by atoms with Gasteiger partial charge in [-0.05, 0) is 33.6 Å². The number of unbranched alkanes of at least 4 members (excludes halogenated alkanes) is 1. The Balaban J connectivity index is 4.41. The Morgan fingerprint density at radius 2 is 1.91 bits per heavy atom. The molecule has 2 unspecified atom stereocenters. The largest absolute Gasteiger partial charge is 0.464 e. The zero-order valence-electron chi connectivity index (χ0n) is 14.3. The predicted molar refractivity (Wildman–Crippen MR) is 82.7 cm³/mol. The van der Waals surface area contributed by atoms with Crippen LogP contribution in [0.1, 0.15) is 66.7 Å². The van der Waals surface area contributed by atoms with E-state index in [-0.39, 0.29) is 11.9 Å². The third-order valence-corrected chi connectivity index (χ3v) is 3.56. The number of nitrogens with zero attached hydrogens (tertiary/aromatic N) is 1. The molecule has 0 aromatic carbocycles. The number of rotatable bonds is 10. The molecule has 0 rings (SSSR count). The molecule has 0 radical (unpaired) electrons. The highest BCUT2D eigenvalue weighted by Crippen LogP contribution is 2.21. The van der Waals surface area contributed by atoms with Gasteiger partial charge in [0, 0.05) is 6.42 Å². The highest BCUT2D eigenvalue weighted by molar-refractivity contribution is 5.71. The minimum Gasteiger partial charge on any atom is -0.464 e. The maximum absolute atomic E-state index is 12.0. The maximum atomic E-state index is 12.0. The average molecular weight is 318 g/mol. The van der Waals surface area contributed by atoms with Crippen molar-refractivity contribution in [1.29, 1.82) is 0 Å². The second-order valence-corrected chi connectivity index (χ2v) is 6.24. The summed E-state index contributed by atoms with van der Waals surface area (Å²) in [5.74, 6) is 4.87. The van der Waals surface area contributed by atoms with Crippen LogP contribution in [-0.4, -0.2) is 33.8 Å². The van der Waals surface area contributed by atoms with E-state index in [1.165, 1.54) is 0 Å². The lowest BCUT2D eigenvalue weighted by molar-refractivity contribution is -0.330. The number of hydrazine groups is 1. The zero-order chi connectivity index (χ0) is 17.3. The highest BCUT2D eigenvalue weighted by atomic mass is 17.2. The van der Waals surface area contributed by atoms with Crippen LogP contribution < -0.4 is 5.84 Å². The summed E-state index contributed by atoms with van der Waals surface area (Å²) in [6.45, 7) is 9.12. The number of carbonyl (C=O) groups excluding carboxylic acids is 1. The molecule has 0 bridgehead atoms. The van der Waals surface area contributed by atoms with Gasteiger partial charge in [0.05, 0.1) is 12.0 Å². The Kier molecular flexibility index (Phi) is 9.04. The van der Waals surface area contributed by atoms with Gasteiger partial charge in [-0.25, -0.2) is 20.4 Å². The molecule has 0 spiro atoms. The molecule has 0 aliphatic carbocycles. The standard InChI is InChI=1S/C15H30N2O5/c1-6-8-9-12(7-2)13(18)21-22-15(4,5)10-11(3)17(16)14(19)20/h11-12H,6-10,16H2,1-5H3,(H,19,20). The molecule has 2 atom stereocenters. The van der Waals surface area contributed by atoms with Crippen molar-refractivity contribution in [1.82, 2.24) is 5.01 Å². The number of hydrogen-bond acceptors (Lipinski definition) is 5. The molecule has 0 aliphatic heterocycles. The smallest absolute Gasteiger partial charge is 0.421 e. The maximum Gasteiger partial charge on any atom is 0.421 e. The SMILES string of the molecule is CCCCC(CC)C(=O)OOC(C)(C)CC(C)N(N)C(=O)O. The summed E-state index contributed by atoms with van der Waals surface area (Å²) in [5, 5.41) is 9.54. The van der Waals surface area contributed by atoms with Gasteiger partial charge in [0.2, 0.25) is 0 Å². The number of hydrogen-bond donors (Lipinski definition) is 2. The molecule has 0 heterocycles. The summed E-state index contributed by atoms with van der Waals surface area (Å²) in [6.07, 6.45) is 2.56. The molecule has 0 fully saturated rings. The van der Waals surface area contributed by atoms with Crippen molar-refractivity contribution >= 4 is 12.1 Å². The first kappa shape index (κ1) is 20.7. The monoisotopic (exact) mass is 318 g/mol. The molecular weight excluding hydrogens is 288 g/mol. The third kappa shape index (κ3) is 7.61. The molecular formula is C15H30N2O5. The van der Waals surface area contributed by atoms with Crippen molar-refractivity contribution in [2.45, 2.75) is 78.4 Å². The molecule has 22 heavy (non-hydrogen) atoms. The molecule has 1 amide bonds. The molecule has 0 saturated carbocycles. The molecule has 7 heteroatoms. The molecule has 7 nitrogen and oxygen atoms in total. The van der Waals surface area contributed by atoms with Crippen LogP contribution in [0.5, 0.6) is 0 Å². The van der Waals surface area contributed by atoms with Crippen molar-refractivity contribution < 1.29 is 24.5 Å². The van der Waals surface area contributed by atoms with Crippen LogP contribution in [0.15, 0.2) is 0 Å². The lowest BCUT2D eigenvalue weighted by Crippen LogP contribution is -2.46. The van der Waals surface area contributed by atoms with E-state index in [4.69, 9.17) is 20.7 Å². The first-order chi connectivity index (χ1) is 10.1. The Morgan fingerprint density at radius 1 is 1.32 bits per heavy atom. The fraction of sp³-hybridized carbons (Fsp3) is 0.867. The van der Waals surface area contributed by atoms with Crippen molar-refractivity contribution in [2.75, 3.05) is 0 Å². The Morgan fingerprint density at radius 3 is 2.36 bits per heavy atom. The van der Waals surface area contributed by atoms with Gasteiger partial charge < -0.3 is 5.11 Å². The molecule has 0 aliphatic rings. The normalized spacial score (nSPS) is 14.3. The molecule has 0 saturated heterocycles. The van der Waals surface area contributed by atoms with E-state index in [2.05, 4.69) is 6.92 Å². The van der Waals surface area contributed by atoms with Gasteiger partial charge in [-0.3, -0.25) is 4.89 Å². The quantitative estimate of drug-likeness (QED) is 0.278. The second kappa shape index (κ2) is 9.63. The average Bonchev–Trinajstić information content (AvgIpc) is 2.44. The molecule has 0 aromatic rings. The Labute approximate surface area is 132 Å². The summed E-state index contributed by atoms with van der Waals surface area (Å²) < 4.78 is 0. The van der Waals surface area contributed by atoms with Crippen LogP contribution in [0, 0.1) is 5.92 Å². The van der Waals surface area contributed by atoms with E-state index in [9.17, 15) is 9.59 Å². The van der Waals surface area contributed by atoms with Gasteiger partial charge in [0.25, 0.3) is 0 Å². The highest BCUT2D eigenvalue weighted by Gasteiger charge is 2.30. The van der Waals surface area contributed by atoms with Gasteiger partial charge in [0.1, 0.15) is 5.60 Å². The van der Waals surface area contributed by atoms with Gasteiger partial charge in [-0.2, -0.15) is 4.89 Å². The minimum atomic E-state index is -1.22.